The van der Waals surface area contributed by atoms with Crippen LogP contribution in [0.25, 0.3) is 0 Å². The molecule has 0 heterocycles. The van der Waals surface area contributed by atoms with Gasteiger partial charge in [0, 0.05) is 0 Å². The van der Waals surface area contributed by atoms with Crippen LogP contribution < -0.4 is 4.74 Å². The molecule has 0 amide bonds. The molecule has 0 saturated heterocycles. The largest absolute Gasteiger partial charge is 0.496 e. The van der Waals surface area contributed by atoms with Crippen LogP contribution in [0.5, 0.6) is 5.75 Å². The zero-order valence-electron chi connectivity index (χ0n) is 8.81. The number of methoxy groups -OCH3 is 1. The van der Waals surface area contributed by atoms with E-state index in [4.69, 9.17) is 4.74 Å². The van der Waals surface area contributed by atoms with E-state index in [1.165, 1.54) is 19.2 Å². The molecular weight excluding hydrogens is 351 g/mol. The molecule has 1 saturated carbocycles. The summed E-state index contributed by atoms with van der Waals surface area (Å²) < 4.78 is 56.4. The SMILES string of the molecule is COc1cc([C@@H]2C[C@H]2C(F)(F)F)c(F)cc1I. The van der Waals surface area contributed by atoms with Crippen LogP contribution in [0.3, 0.4) is 0 Å². The van der Waals surface area contributed by atoms with Gasteiger partial charge in [-0.05, 0) is 52.6 Å². The van der Waals surface area contributed by atoms with Crippen molar-refractivity contribution in [3.63, 3.8) is 0 Å². The Morgan fingerprint density at radius 2 is 2.00 bits per heavy atom. The van der Waals surface area contributed by atoms with Crippen molar-refractivity contribution in [2.24, 2.45) is 5.92 Å². The number of benzene rings is 1. The van der Waals surface area contributed by atoms with Crippen LogP contribution in [0, 0.1) is 15.3 Å². The van der Waals surface area contributed by atoms with Gasteiger partial charge in [-0.25, -0.2) is 4.39 Å². The molecule has 1 aliphatic rings. The van der Waals surface area contributed by atoms with Crippen LogP contribution in [0.15, 0.2) is 12.1 Å². The summed E-state index contributed by atoms with van der Waals surface area (Å²) >= 11 is 1.88. The quantitative estimate of drug-likeness (QED) is 0.570. The average Bonchev–Trinajstić information content (AvgIpc) is 2.97. The maximum Gasteiger partial charge on any atom is 0.392 e. The number of halogens is 5. The second-order valence-electron chi connectivity index (χ2n) is 4.00. The number of hydrogen-bond acceptors (Lipinski definition) is 1. The van der Waals surface area contributed by atoms with E-state index < -0.39 is 23.8 Å². The summed E-state index contributed by atoms with van der Waals surface area (Å²) in [6, 6.07) is 2.58. The third kappa shape index (κ3) is 2.51. The van der Waals surface area contributed by atoms with E-state index in [1.807, 2.05) is 22.6 Å². The lowest BCUT2D eigenvalue weighted by Crippen LogP contribution is -2.11. The van der Waals surface area contributed by atoms with Gasteiger partial charge in [0.1, 0.15) is 11.6 Å². The van der Waals surface area contributed by atoms with E-state index in [0.29, 0.717) is 9.32 Å². The molecule has 1 nitrogen and oxygen atoms in total. The van der Waals surface area contributed by atoms with Gasteiger partial charge in [0.15, 0.2) is 0 Å². The minimum atomic E-state index is -4.24. The van der Waals surface area contributed by atoms with Crippen molar-refractivity contribution in [1.82, 2.24) is 0 Å². The number of ether oxygens (including phenoxy) is 1. The van der Waals surface area contributed by atoms with Crippen molar-refractivity contribution < 1.29 is 22.3 Å². The zero-order chi connectivity index (χ0) is 12.8. The Morgan fingerprint density at radius 1 is 1.35 bits per heavy atom. The van der Waals surface area contributed by atoms with Crippen molar-refractivity contribution in [2.75, 3.05) is 7.11 Å². The molecule has 1 fully saturated rings. The van der Waals surface area contributed by atoms with E-state index in [-0.39, 0.29) is 12.0 Å². The third-order valence-corrected chi connectivity index (χ3v) is 3.72. The van der Waals surface area contributed by atoms with Gasteiger partial charge in [-0.15, -0.1) is 0 Å². The van der Waals surface area contributed by atoms with Gasteiger partial charge in [-0.1, -0.05) is 0 Å². The fourth-order valence-electron chi connectivity index (χ4n) is 1.89. The van der Waals surface area contributed by atoms with Crippen molar-refractivity contribution in [2.45, 2.75) is 18.5 Å². The van der Waals surface area contributed by atoms with Gasteiger partial charge in [0.05, 0.1) is 16.6 Å². The minimum Gasteiger partial charge on any atom is -0.496 e. The Hall–Kier alpha value is -0.530. The average molecular weight is 360 g/mol. The molecule has 0 aromatic heterocycles. The van der Waals surface area contributed by atoms with Crippen LogP contribution in [0.2, 0.25) is 0 Å². The van der Waals surface area contributed by atoms with E-state index in [9.17, 15) is 17.6 Å². The fourth-order valence-corrected chi connectivity index (χ4v) is 2.54. The Labute approximate surface area is 109 Å². The maximum atomic E-state index is 13.6. The Morgan fingerprint density at radius 3 is 2.47 bits per heavy atom. The summed E-state index contributed by atoms with van der Waals surface area (Å²) in [5.41, 5.74) is 0.101. The lowest BCUT2D eigenvalue weighted by Gasteiger charge is -2.09. The number of hydrogen-bond donors (Lipinski definition) is 0. The van der Waals surface area contributed by atoms with Gasteiger partial charge in [-0.3, -0.25) is 0 Å². The third-order valence-electron chi connectivity index (χ3n) is 2.88. The first-order valence-corrected chi connectivity index (χ1v) is 6.02. The first-order chi connectivity index (χ1) is 7.84. The summed E-state index contributed by atoms with van der Waals surface area (Å²) in [6.45, 7) is 0. The molecule has 1 aliphatic carbocycles. The molecule has 94 valence electrons. The first kappa shape index (κ1) is 12.9. The standard InChI is InChI=1S/C11H9F4IO/c1-17-10-3-6(8(12)4-9(10)16)5-2-7(5)11(13,14)15/h3-5,7H,2H2,1H3/t5-,7+/m0/s1. The number of alkyl halides is 3. The summed E-state index contributed by atoms with van der Waals surface area (Å²) in [5.74, 6) is -2.36. The van der Waals surface area contributed by atoms with E-state index in [0.717, 1.165) is 0 Å². The molecule has 17 heavy (non-hydrogen) atoms. The molecule has 1 aromatic carbocycles. The van der Waals surface area contributed by atoms with Gasteiger partial charge in [0.25, 0.3) is 0 Å². The fraction of sp³-hybridized carbons (Fsp3) is 0.455. The Kier molecular flexibility index (Phi) is 3.26. The zero-order valence-corrected chi connectivity index (χ0v) is 11.0. The second-order valence-corrected chi connectivity index (χ2v) is 5.16. The van der Waals surface area contributed by atoms with Gasteiger partial charge in [0.2, 0.25) is 0 Å². The monoisotopic (exact) mass is 360 g/mol. The normalized spacial score (nSPS) is 23.6. The van der Waals surface area contributed by atoms with Crippen LogP contribution in [0.1, 0.15) is 17.9 Å². The highest BCUT2D eigenvalue weighted by Crippen LogP contribution is 2.57. The topological polar surface area (TPSA) is 9.23 Å². The summed E-state index contributed by atoms with van der Waals surface area (Å²) in [6.07, 6.45) is -4.28. The van der Waals surface area contributed by atoms with E-state index in [1.54, 1.807) is 0 Å². The summed E-state index contributed by atoms with van der Waals surface area (Å²) in [7, 11) is 1.41. The number of rotatable bonds is 2. The molecule has 0 bridgehead atoms. The lowest BCUT2D eigenvalue weighted by atomic mass is 10.1. The van der Waals surface area contributed by atoms with Crippen LogP contribution in [-0.2, 0) is 0 Å². The highest BCUT2D eigenvalue weighted by atomic mass is 127. The smallest absolute Gasteiger partial charge is 0.392 e. The van der Waals surface area contributed by atoms with Gasteiger partial charge in [-0.2, -0.15) is 13.2 Å². The molecule has 6 heteroatoms. The Balaban J connectivity index is 2.29. The summed E-state index contributed by atoms with van der Waals surface area (Å²) in [4.78, 5) is 0. The highest BCUT2D eigenvalue weighted by molar-refractivity contribution is 14.1. The van der Waals surface area contributed by atoms with Gasteiger partial charge >= 0.3 is 6.18 Å². The van der Waals surface area contributed by atoms with E-state index >= 15 is 0 Å². The van der Waals surface area contributed by atoms with Crippen molar-refractivity contribution in [1.29, 1.82) is 0 Å². The highest BCUT2D eigenvalue weighted by Gasteiger charge is 2.56. The summed E-state index contributed by atoms with van der Waals surface area (Å²) in [5, 5.41) is 0. The van der Waals surface area contributed by atoms with Crippen LogP contribution in [-0.4, -0.2) is 13.3 Å². The van der Waals surface area contributed by atoms with Gasteiger partial charge < -0.3 is 4.74 Å². The van der Waals surface area contributed by atoms with Crippen molar-refractivity contribution >= 4 is 22.6 Å². The molecule has 0 spiro atoms. The Bertz CT molecular complexity index is 444. The second kappa shape index (κ2) is 4.29. The predicted octanol–water partition coefficient (Wildman–Crippen LogP) is 4.10. The molecular formula is C11H9F4IO. The van der Waals surface area contributed by atoms with E-state index in [2.05, 4.69) is 0 Å². The molecule has 0 radical (unpaired) electrons. The molecule has 2 rings (SSSR count). The molecule has 1 aromatic rings. The van der Waals surface area contributed by atoms with Crippen LogP contribution >= 0.6 is 22.6 Å². The van der Waals surface area contributed by atoms with Crippen molar-refractivity contribution in [3.05, 3.63) is 27.1 Å². The first-order valence-electron chi connectivity index (χ1n) is 4.94. The minimum absolute atomic E-state index is 0.0375. The molecule has 0 aliphatic heterocycles. The predicted molar refractivity (Wildman–Crippen MR) is 62.6 cm³/mol. The molecule has 0 N–H and O–H groups in total. The lowest BCUT2D eigenvalue weighted by molar-refractivity contribution is -0.148. The molecule has 0 unspecified atom stereocenters. The van der Waals surface area contributed by atoms with Crippen LogP contribution in [0.4, 0.5) is 17.6 Å². The molecule has 2 atom stereocenters. The van der Waals surface area contributed by atoms with Crippen molar-refractivity contribution in [3.8, 4) is 5.75 Å². The maximum absolute atomic E-state index is 13.6.